The van der Waals surface area contributed by atoms with Crippen molar-refractivity contribution in [2.75, 3.05) is 5.32 Å². The molecule has 4 rings (SSSR count). The average molecular weight is 339 g/mol. The minimum atomic E-state index is -0.919. The standard InChI is InChI=1S/C18H17N3O2S/c22-18(23)15(11-6-2-1-3-7-11)21-16-14-12-8-4-5-9-13(12)24-17(14)20-10-19-16/h1-3,6-7,10,15H,4-5,8-9H2,(H,22,23)(H,19,20,21). The number of benzene rings is 1. The summed E-state index contributed by atoms with van der Waals surface area (Å²) in [6, 6.07) is 8.36. The normalized spacial score (nSPS) is 15.0. The number of carbonyl (C=O) groups is 1. The lowest BCUT2D eigenvalue weighted by molar-refractivity contribution is -0.138. The largest absolute Gasteiger partial charge is 0.479 e. The van der Waals surface area contributed by atoms with Gasteiger partial charge in [-0.15, -0.1) is 11.3 Å². The summed E-state index contributed by atoms with van der Waals surface area (Å²) >= 11 is 1.71. The van der Waals surface area contributed by atoms with Gasteiger partial charge in [0.2, 0.25) is 0 Å². The van der Waals surface area contributed by atoms with E-state index in [1.165, 1.54) is 23.2 Å². The van der Waals surface area contributed by atoms with Crippen molar-refractivity contribution < 1.29 is 9.90 Å². The monoisotopic (exact) mass is 339 g/mol. The van der Waals surface area contributed by atoms with E-state index < -0.39 is 12.0 Å². The molecule has 2 heterocycles. The first-order chi connectivity index (χ1) is 11.7. The summed E-state index contributed by atoms with van der Waals surface area (Å²) in [6.07, 6.45) is 5.97. The van der Waals surface area contributed by atoms with Gasteiger partial charge in [0.05, 0.1) is 5.39 Å². The van der Waals surface area contributed by atoms with Crippen molar-refractivity contribution in [2.24, 2.45) is 0 Å². The SMILES string of the molecule is O=C(O)C(Nc1ncnc2sc3c(c12)CCCC3)c1ccccc1. The second-order valence-corrected chi connectivity index (χ2v) is 7.02. The fourth-order valence-corrected chi connectivity index (χ4v) is 4.50. The Morgan fingerprint density at radius 3 is 2.75 bits per heavy atom. The van der Waals surface area contributed by atoms with Gasteiger partial charge in [-0.1, -0.05) is 30.3 Å². The minimum Gasteiger partial charge on any atom is -0.479 e. The predicted octanol–water partition coefficient (Wildman–Crippen LogP) is 3.81. The van der Waals surface area contributed by atoms with Gasteiger partial charge in [-0.2, -0.15) is 0 Å². The van der Waals surface area contributed by atoms with Gasteiger partial charge < -0.3 is 10.4 Å². The maximum atomic E-state index is 11.8. The molecule has 1 aliphatic carbocycles. The highest BCUT2D eigenvalue weighted by Crippen LogP contribution is 2.38. The number of fused-ring (bicyclic) bond motifs is 3. The molecule has 0 amide bonds. The molecule has 1 atom stereocenters. The summed E-state index contributed by atoms with van der Waals surface area (Å²) in [5.41, 5.74) is 2.00. The molecule has 0 bridgehead atoms. The third kappa shape index (κ3) is 2.63. The zero-order valence-electron chi connectivity index (χ0n) is 13.0. The van der Waals surface area contributed by atoms with Crippen LogP contribution in [-0.2, 0) is 17.6 Å². The van der Waals surface area contributed by atoms with Gasteiger partial charge in [0.15, 0.2) is 6.04 Å². The molecule has 122 valence electrons. The highest BCUT2D eigenvalue weighted by Gasteiger charge is 2.24. The number of anilines is 1. The minimum absolute atomic E-state index is 0.621. The van der Waals surface area contributed by atoms with Crippen LogP contribution in [0.25, 0.3) is 10.2 Å². The van der Waals surface area contributed by atoms with Gasteiger partial charge in [-0.25, -0.2) is 14.8 Å². The predicted molar refractivity (Wildman–Crippen MR) is 94.5 cm³/mol. The molecule has 0 radical (unpaired) electrons. The Morgan fingerprint density at radius 1 is 1.17 bits per heavy atom. The van der Waals surface area contributed by atoms with Crippen LogP contribution in [0.15, 0.2) is 36.7 Å². The summed E-state index contributed by atoms with van der Waals surface area (Å²) in [5.74, 6) is -0.298. The summed E-state index contributed by atoms with van der Waals surface area (Å²) in [6.45, 7) is 0. The first kappa shape index (κ1) is 15.1. The van der Waals surface area contributed by atoms with E-state index in [9.17, 15) is 9.90 Å². The number of carboxylic acid groups (broad SMARTS) is 1. The van der Waals surface area contributed by atoms with Crippen molar-refractivity contribution in [3.05, 3.63) is 52.7 Å². The Hall–Kier alpha value is -2.47. The molecular formula is C18H17N3O2S. The van der Waals surface area contributed by atoms with Gasteiger partial charge in [0.25, 0.3) is 0 Å². The molecule has 1 aromatic carbocycles. The number of rotatable bonds is 4. The Morgan fingerprint density at radius 2 is 1.96 bits per heavy atom. The van der Waals surface area contributed by atoms with Gasteiger partial charge >= 0.3 is 5.97 Å². The lowest BCUT2D eigenvalue weighted by Gasteiger charge is -2.17. The summed E-state index contributed by atoms with van der Waals surface area (Å²) < 4.78 is 0. The number of nitrogens with zero attached hydrogens (tertiary/aromatic N) is 2. The van der Waals surface area contributed by atoms with Crippen molar-refractivity contribution in [2.45, 2.75) is 31.7 Å². The summed E-state index contributed by atoms with van der Waals surface area (Å²) in [7, 11) is 0. The fraction of sp³-hybridized carbons (Fsp3) is 0.278. The third-order valence-corrected chi connectivity index (χ3v) is 5.61. The molecule has 1 unspecified atom stereocenters. The van der Waals surface area contributed by atoms with Crippen LogP contribution < -0.4 is 5.32 Å². The number of nitrogens with one attached hydrogen (secondary N) is 1. The number of aryl methyl sites for hydroxylation is 2. The first-order valence-electron chi connectivity index (χ1n) is 8.03. The van der Waals surface area contributed by atoms with E-state index in [1.807, 2.05) is 30.3 Å². The van der Waals surface area contributed by atoms with Crippen LogP contribution in [0.4, 0.5) is 5.82 Å². The van der Waals surface area contributed by atoms with E-state index in [-0.39, 0.29) is 0 Å². The van der Waals surface area contributed by atoms with Crippen LogP contribution >= 0.6 is 11.3 Å². The molecule has 3 aromatic rings. The smallest absolute Gasteiger partial charge is 0.330 e. The van der Waals surface area contributed by atoms with Crippen molar-refractivity contribution in [1.29, 1.82) is 0 Å². The maximum absolute atomic E-state index is 11.8. The molecule has 2 N–H and O–H groups in total. The van der Waals surface area contributed by atoms with Gasteiger partial charge in [0, 0.05) is 4.88 Å². The van der Waals surface area contributed by atoms with Crippen molar-refractivity contribution >= 4 is 33.3 Å². The van der Waals surface area contributed by atoms with E-state index in [0.717, 1.165) is 29.5 Å². The molecule has 0 spiro atoms. The van der Waals surface area contributed by atoms with E-state index in [0.29, 0.717) is 11.4 Å². The Bertz CT molecular complexity index is 892. The van der Waals surface area contributed by atoms with Crippen molar-refractivity contribution in [3.8, 4) is 0 Å². The maximum Gasteiger partial charge on any atom is 0.330 e. The molecule has 0 saturated heterocycles. The zero-order chi connectivity index (χ0) is 16.5. The average Bonchev–Trinajstić information content (AvgIpc) is 2.99. The molecule has 0 aliphatic heterocycles. The first-order valence-corrected chi connectivity index (χ1v) is 8.85. The Balaban J connectivity index is 1.78. The topological polar surface area (TPSA) is 75.1 Å². The van der Waals surface area contributed by atoms with E-state index in [4.69, 9.17) is 0 Å². The van der Waals surface area contributed by atoms with E-state index in [1.54, 1.807) is 11.3 Å². The molecule has 1 aliphatic rings. The zero-order valence-corrected chi connectivity index (χ0v) is 13.8. The number of hydrogen-bond acceptors (Lipinski definition) is 5. The van der Waals surface area contributed by atoms with Crippen LogP contribution in [-0.4, -0.2) is 21.0 Å². The number of thiophene rings is 1. The molecule has 24 heavy (non-hydrogen) atoms. The molecule has 2 aromatic heterocycles. The number of carboxylic acids is 1. The van der Waals surface area contributed by atoms with Crippen LogP contribution in [0.3, 0.4) is 0 Å². The second kappa shape index (κ2) is 6.20. The highest BCUT2D eigenvalue weighted by atomic mass is 32.1. The lowest BCUT2D eigenvalue weighted by atomic mass is 9.97. The molecule has 0 saturated carbocycles. The van der Waals surface area contributed by atoms with Gasteiger partial charge in [0.1, 0.15) is 17.0 Å². The Kier molecular flexibility index (Phi) is 3.90. The second-order valence-electron chi connectivity index (χ2n) is 5.94. The van der Waals surface area contributed by atoms with Crippen LogP contribution in [0.2, 0.25) is 0 Å². The Labute approximate surface area is 143 Å². The number of hydrogen-bond donors (Lipinski definition) is 2. The van der Waals surface area contributed by atoms with Crippen molar-refractivity contribution in [1.82, 2.24) is 9.97 Å². The summed E-state index contributed by atoms with van der Waals surface area (Å²) in [4.78, 5) is 22.8. The quantitative estimate of drug-likeness (QED) is 0.756. The lowest BCUT2D eigenvalue weighted by Crippen LogP contribution is -2.21. The molecule has 5 nitrogen and oxygen atoms in total. The van der Waals surface area contributed by atoms with Crippen LogP contribution in [0.5, 0.6) is 0 Å². The highest BCUT2D eigenvalue weighted by molar-refractivity contribution is 7.19. The van der Waals surface area contributed by atoms with Crippen LogP contribution in [0.1, 0.15) is 34.9 Å². The van der Waals surface area contributed by atoms with Crippen LogP contribution in [0, 0.1) is 0 Å². The fourth-order valence-electron chi connectivity index (χ4n) is 3.27. The molecule has 0 fully saturated rings. The van der Waals surface area contributed by atoms with E-state index in [2.05, 4.69) is 15.3 Å². The summed E-state index contributed by atoms with van der Waals surface area (Å²) in [5, 5.41) is 13.8. The van der Waals surface area contributed by atoms with E-state index >= 15 is 0 Å². The number of aliphatic carboxylic acids is 1. The number of aromatic nitrogens is 2. The van der Waals surface area contributed by atoms with Crippen molar-refractivity contribution in [3.63, 3.8) is 0 Å². The van der Waals surface area contributed by atoms with Gasteiger partial charge in [-0.3, -0.25) is 0 Å². The third-order valence-electron chi connectivity index (χ3n) is 4.41. The molecular weight excluding hydrogens is 322 g/mol. The molecule has 6 heteroatoms. The van der Waals surface area contributed by atoms with Gasteiger partial charge in [-0.05, 0) is 36.8 Å².